The minimum absolute atomic E-state index is 0.0338. The van der Waals surface area contributed by atoms with Crippen LogP contribution in [0, 0.1) is 11.8 Å². The second kappa shape index (κ2) is 8.96. The molecule has 0 bridgehead atoms. The van der Waals surface area contributed by atoms with Gasteiger partial charge in [0.2, 0.25) is 12.7 Å². The quantitative estimate of drug-likeness (QED) is 0.357. The highest BCUT2D eigenvalue weighted by atomic mass is 16.7. The van der Waals surface area contributed by atoms with E-state index in [1.165, 1.54) is 12.3 Å². The number of aliphatic carboxylic acids is 1. The molecular formula is C22H21N3O7. The van der Waals surface area contributed by atoms with Gasteiger partial charge in [-0.15, -0.1) is 0 Å². The highest BCUT2D eigenvalue weighted by molar-refractivity contribution is 6.08. The number of ether oxygens (including phenoxy) is 2. The lowest BCUT2D eigenvalue weighted by atomic mass is 9.82. The lowest BCUT2D eigenvalue weighted by Crippen LogP contribution is -2.35. The average Bonchev–Trinajstić information content (AvgIpc) is 3.48. The second-order valence-electron chi connectivity index (χ2n) is 7.35. The van der Waals surface area contributed by atoms with Crippen LogP contribution in [0.5, 0.6) is 11.5 Å². The van der Waals surface area contributed by atoms with E-state index in [1.807, 2.05) is 0 Å². The lowest BCUT2D eigenvalue weighted by Gasteiger charge is -2.24. The SMILES string of the molecule is C/C(=N/NC(=O)c1ccco1)c1cc2c(cc1NC(=O)[C@H]1CC=CC[C@H]1C(=O)O)OCO2. The predicted octanol–water partition coefficient (Wildman–Crippen LogP) is 2.77. The summed E-state index contributed by atoms with van der Waals surface area (Å²) in [6.45, 7) is 1.69. The standard InChI is InChI=1S/C22H21N3O7/c1-12(24-25-21(27)17-7-4-8-30-17)15-9-18-19(32-11-31-18)10-16(15)23-20(26)13-5-2-3-6-14(13)22(28)29/h2-4,7-10,13-14H,5-6,11H2,1H3,(H,23,26)(H,25,27)(H,28,29)/b24-12-/t13-,14+/m0/s1. The number of fused-ring (bicyclic) bond motifs is 1. The highest BCUT2D eigenvalue weighted by Gasteiger charge is 2.34. The van der Waals surface area contributed by atoms with Gasteiger partial charge >= 0.3 is 11.9 Å². The van der Waals surface area contributed by atoms with Gasteiger partial charge in [-0.05, 0) is 38.0 Å². The van der Waals surface area contributed by atoms with Crippen LogP contribution in [0.3, 0.4) is 0 Å². The van der Waals surface area contributed by atoms with Crippen LogP contribution in [-0.2, 0) is 9.59 Å². The summed E-state index contributed by atoms with van der Waals surface area (Å²) in [5.41, 5.74) is 3.64. The number of benzene rings is 1. The number of carbonyl (C=O) groups is 3. The van der Waals surface area contributed by atoms with Crippen LogP contribution in [0.4, 0.5) is 5.69 Å². The van der Waals surface area contributed by atoms with Crippen LogP contribution < -0.4 is 20.2 Å². The molecule has 0 radical (unpaired) electrons. The fraction of sp³-hybridized carbons (Fsp3) is 0.273. The molecule has 3 N–H and O–H groups in total. The first-order chi connectivity index (χ1) is 15.4. The van der Waals surface area contributed by atoms with Gasteiger partial charge in [-0.2, -0.15) is 5.10 Å². The number of amides is 2. The van der Waals surface area contributed by atoms with Crippen LogP contribution in [-0.4, -0.2) is 35.4 Å². The summed E-state index contributed by atoms with van der Waals surface area (Å²) in [6, 6.07) is 6.33. The van der Waals surface area contributed by atoms with Gasteiger partial charge in [0.25, 0.3) is 0 Å². The summed E-state index contributed by atoms with van der Waals surface area (Å²) < 4.78 is 15.9. The number of carboxylic acid groups (broad SMARTS) is 1. The van der Waals surface area contributed by atoms with Crippen LogP contribution >= 0.6 is 0 Å². The Morgan fingerprint density at radius 3 is 2.50 bits per heavy atom. The number of carbonyl (C=O) groups excluding carboxylic acids is 2. The molecule has 2 aliphatic rings. The zero-order valence-electron chi connectivity index (χ0n) is 17.2. The van der Waals surface area contributed by atoms with E-state index in [0.717, 1.165) is 0 Å². The van der Waals surface area contributed by atoms with Crippen LogP contribution in [0.15, 0.2) is 52.2 Å². The van der Waals surface area contributed by atoms with Crippen LogP contribution in [0.2, 0.25) is 0 Å². The Kier molecular flexibility index (Phi) is 5.93. The molecule has 0 spiro atoms. The molecule has 4 rings (SSSR count). The van der Waals surface area contributed by atoms with Gasteiger partial charge in [0, 0.05) is 11.6 Å². The van der Waals surface area contributed by atoms with Crippen molar-refractivity contribution in [3.8, 4) is 11.5 Å². The Morgan fingerprint density at radius 2 is 1.81 bits per heavy atom. The topological polar surface area (TPSA) is 139 Å². The predicted molar refractivity (Wildman–Crippen MR) is 113 cm³/mol. The monoisotopic (exact) mass is 439 g/mol. The normalized spacial score (nSPS) is 19.5. The number of nitrogens with zero attached hydrogens (tertiary/aromatic N) is 1. The number of anilines is 1. The molecule has 1 aromatic heterocycles. The van der Waals surface area contributed by atoms with Crippen molar-refractivity contribution >= 4 is 29.2 Å². The van der Waals surface area contributed by atoms with E-state index in [1.54, 1.807) is 37.3 Å². The van der Waals surface area contributed by atoms with E-state index < -0.39 is 29.6 Å². The van der Waals surface area contributed by atoms with Crippen molar-refractivity contribution in [3.63, 3.8) is 0 Å². The first-order valence-electron chi connectivity index (χ1n) is 9.95. The molecular weight excluding hydrogens is 418 g/mol. The van der Waals surface area contributed by atoms with Gasteiger partial charge in [-0.25, -0.2) is 5.43 Å². The van der Waals surface area contributed by atoms with E-state index in [0.29, 0.717) is 41.3 Å². The molecule has 0 saturated heterocycles. The smallest absolute Gasteiger partial charge is 0.307 e. The van der Waals surface area contributed by atoms with Gasteiger partial charge in [-0.3, -0.25) is 14.4 Å². The van der Waals surface area contributed by atoms with Crippen molar-refractivity contribution in [2.45, 2.75) is 19.8 Å². The number of allylic oxidation sites excluding steroid dienone is 2. The second-order valence-corrected chi connectivity index (χ2v) is 7.35. The summed E-state index contributed by atoms with van der Waals surface area (Å²) in [6.07, 6.45) is 5.58. The van der Waals surface area contributed by atoms with Gasteiger partial charge in [0.15, 0.2) is 17.3 Å². The highest BCUT2D eigenvalue weighted by Crippen LogP contribution is 2.38. The minimum atomic E-state index is -1.02. The molecule has 0 unspecified atom stereocenters. The summed E-state index contributed by atoms with van der Waals surface area (Å²) in [7, 11) is 0. The van der Waals surface area contributed by atoms with Crippen molar-refractivity contribution in [1.82, 2.24) is 5.43 Å². The summed E-state index contributed by atoms with van der Waals surface area (Å²) in [4.78, 5) is 36.7. The van der Waals surface area contributed by atoms with Crippen molar-refractivity contribution in [1.29, 1.82) is 0 Å². The van der Waals surface area contributed by atoms with Crippen molar-refractivity contribution in [2.24, 2.45) is 16.9 Å². The maximum Gasteiger partial charge on any atom is 0.307 e. The van der Waals surface area contributed by atoms with E-state index in [-0.39, 0.29) is 12.6 Å². The molecule has 2 amide bonds. The number of hydrogen-bond donors (Lipinski definition) is 3. The molecule has 1 aliphatic heterocycles. The molecule has 2 heterocycles. The summed E-state index contributed by atoms with van der Waals surface area (Å²) in [5.74, 6) is -2.48. The summed E-state index contributed by atoms with van der Waals surface area (Å²) >= 11 is 0. The fourth-order valence-electron chi connectivity index (χ4n) is 3.60. The number of hydrazone groups is 1. The summed E-state index contributed by atoms with van der Waals surface area (Å²) in [5, 5.41) is 16.4. The zero-order valence-corrected chi connectivity index (χ0v) is 17.2. The Balaban J connectivity index is 1.59. The largest absolute Gasteiger partial charge is 0.481 e. The van der Waals surface area contributed by atoms with Crippen molar-refractivity contribution in [3.05, 3.63) is 54.0 Å². The molecule has 32 heavy (non-hydrogen) atoms. The number of nitrogens with one attached hydrogen (secondary N) is 2. The third-order valence-electron chi connectivity index (χ3n) is 5.32. The number of furan rings is 1. The number of carboxylic acids is 1. The molecule has 10 heteroatoms. The number of hydrogen-bond acceptors (Lipinski definition) is 7. The van der Waals surface area contributed by atoms with Crippen LogP contribution in [0.25, 0.3) is 0 Å². The average molecular weight is 439 g/mol. The lowest BCUT2D eigenvalue weighted by molar-refractivity contribution is -0.146. The Labute approximate surface area is 182 Å². The number of rotatable bonds is 6. The van der Waals surface area contributed by atoms with Gasteiger partial charge < -0.3 is 24.3 Å². The van der Waals surface area contributed by atoms with E-state index >= 15 is 0 Å². The molecule has 1 aromatic carbocycles. The maximum atomic E-state index is 13.0. The van der Waals surface area contributed by atoms with Crippen molar-refractivity contribution in [2.75, 3.05) is 12.1 Å². The van der Waals surface area contributed by atoms with E-state index in [9.17, 15) is 19.5 Å². The first kappa shape index (κ1) is 21.2. The minimum Gasteiger partial charge on any atom is -0.481 e. The fourth-order valence-corrected chi connectivity index (χ4v) is 3.60. The van der Waals surface area contributed by atoms with Gasteiger partial charge in [0.05, 0.1) is 29.5 Å². The Bertz CT molecular complexity index is 1100. The van der Waals surface area contributed by atoms with Gasteiger partial charge in [0.1, 0.15) is 0 Å². The molecule has 10 nitrogen and oxygen atoms in total. The Hall–Kier alpha value is -4.08. The van der Waals surface area contributed by atoms with E-state index in [2.05, 4.69) is 15.8 Å². The van der Waals surface area contributed by atoms with Crippen molar-refractivity contribution < 1.29 is 33.4 Å². The van der Waals surface area contributed by atoms with Gasteiger partial charge in [-0.1, -0.05) is 12.2 Å². The molecule has 2 aromatic rings. The maximum absolute atomic E-state index is 13.0. The van der Waals surface area contributed by atoms with Crippen LogP contribution in [0.1, 0.15) is 35.9 Å². The molecule has 166 valence electrons. The third kappa shape index (κ3) is 4.34. The molecule has 1 aliphatic carbocycles. The molecule has 2 atom stereocenters. The molecule has 0 fully saturated rings. The molecule has 0 saturated carbocycles. The first-order valence-corrected chi connectivity index (χ1v) is 9.95. The third-order valence-corrected chi connectivity index (χ3v) is 5.32. The van der Waals surface area contributed by atoms with E-state index in [4.69, 9.17) is 13.9 Å². The zero-order chi connectivity index (χ0) is 22.7. The Morgan fingerprint density at radius 1 is 1.09 bits per heavy atom.